The van der Waals surface area contributed by atoms with Gasteiger partial charge in [0, 0.05) is 38.5 Å². The van der Waals surface area contributed by atoms with Crippen molar-refractivity contribution in [3.63, 3.8) is 0 Å². The Labute approximate surface area is 223 Å². The number of urea groups is 1. The fraction of sp³-hybridized carbons (Fsp3) is 0.593. The number of amides is 3. The lowest BCUT2D eigenvalue weighted by Gasteiger charge is -2.32. The standard InChI is InChI=1S/C27H37N7O4/c1-32(2)11-4-3-8-21(35)33-12-9-18(10-13-33)24-23-25(30-29-24)19-6-5-7-20(22(19)26(23)36)28-27(37)31-34-14-16-38-17-15-34/h5-7,18,25H,3-4,8-17H2,1-2H3,(H2,28,31,37). The predicted molar refractivity (Wildman–Crippen MR) is 142 cm³/mol. The molecule has 0 aromatic heterocycles. The van der Waals surface area contributed by atoms with Gasteiger partial charge in [0.25, 0.3) is 0 Å². The normalized spacial score (nSPS) is 21.7. The molecule has 3 aliphatic heterocycles. The number of likely N-dealkylation sites (tertiary alicyclic amines) is 1. The number of azo groups is 1. The average Bonchev–Trinajstić information content (AvgIpc) is 3.47. The Morgan fingerprint density at radius 3 is 2.61 bits per heavy atom. The molecule has 1 aromatic carbocycles. The van der Waals surface area contributed by atoms with Crippen molar-refractivity contribution in [2.75, 3.05) is 65.3 Å². The molecular weight excluding hydrogens is 486 g/mol. The van der Waals surface area contributed by atoms with Crippen LogP contribution in [0.2, 0.25) is 0 Å². The highest BCUT2D eigenvalue weighted by Crippen LogP contribution is 2.49. The molecule has 38 heavy (non-hydrogen) atoms. The predicted octanol–water partition coefficient (Wildman–Crippen LogP) is 2.98. The number of unbranched alkanes of at least 4 members (excludes halogenated alkanes) is 1. The average molecular weight is 524 g/mol. The van der Waals surface area contributed by atoms with Gasteiger partial charge in [-0.15, -0.1) is 0 Å². The number of morpholine rings is 1. The van der Waals surface area contributed by atoms with Gasteiger partial charge in [0.1, 0.15) is 6.04 Å². The van der Waals surface area contributed by atoms with Crippen LogP contribution in [0.15, 0.2) is 39.7 Å². The SMILES string of the molecule is CN(C)CCCCC(=O)N1CCC(C2=C3C(=O)c4c(NC(=O)NN5CCOCC5)cccc4C3N=N2)CC1. The molecule has 1 unspecified atom stereocenters. The lowest BCUT2D eigenvalue weighted by molar-refractivity contribution is -0.132. The third-order valence-electron chi connectivity index (χ3n) is 7.69. The first-order chi connectivity index (χ1) is 18.4. The summed E-state index contributed by atoms with van der Waals surface area (Å²) < 4.78 is 5.32. The Balaban J connectivity index is 1.22. The van der Waals surface area contributed by atoms with Gasteiger partial charge in [-0.05, 0) is 58.0 Å². The molecule has 1 atom stereocenters. The number of allylic oxidation sites excluding steroid dienone is 1. The summed E-state index contributed by atoms with van der Waals surface area (Å²) in [5.41, 5.74) is 5.94. The molecule has 1 aromatic rings. The van der Waals surface area contributed by atoms with Gasteiger partial charge in [-0.3, -0.25) is 15.0 Å². The summed E-state index contributed by atoms with van der Waals surface area (Å²) in [7, 11) is 4.09. The second kappa shape index (κ2) is 11.7. The zero-order valence-corrected chi connectivity index (χ0v) is 22.2. The highest BCUT2D eigenvalue weighted by atomic mass is 16.5. The molecule has 0 bridgehead atoms. The van der Waals surface area contributed by atoms with E-state index in [-0.39, 0.29) is 23.6 Å². The topological polar surface area (TPSA) is 119 Å². The minimum Gasteiger partial charge on any atom is -0.379 e. The number of carbonyl (C=O) groups excluding carboxylic acids is 3. The number of nitrogens with one attached hydrogen (secondary N) is 2. The smallest absolute Gasteiger partial charge is 0.333 e. The van der Waals surface area contributed by atoms with E-state index in [1.165, 1.54) is 0 Å². The quantitative estimate of drug-likeness (QED) is 0.506. The van der Waals surface area contributed by atoms with Crippen LogP contribution in [0.3, 0.4) is 0 Å². The number of hydrogen-bond acceptors (Lipinski definition) is 8. The Bertz CT molecular complexity index is 1130. The Kier molecular flexibility index (Phi) is 8.15. The summed E-state index contributed by atoms with van der Waals surface area (Å²) in [6, 6.07) is 4.65. The summed E-state index contributed by atoms with van der Waals surface area (Å²) in [4.78, 5) is 43.0. The first kappa shape index (κ1) is 26.5. The summed E-state index contributed by atoms with van der Waals surface area (Å²) in [6.07, 6.45) is 4.03. The number of nitrogens with zero attached hydrogens (tertiary/aromatic N) is 5. The third-order valence-corrected chi connectivity index (χ3v) is 7.69. The summed E-state index contributed by atoms with van der Waals surface area (Å²) in [5.74, 6) is 0.184. The Morgan fingerprint density at radius 1 is 1.11 bits per heavy atom. The van der Waals surface area contributed by atoms with Crippen molar-refractivity contribution >= 4 is 23.4 Å². The molecule has 3 heterocycles. The third kappa shape index (κ3) is 5.64. The van der Waals surface area contributed by atoms with Crippen LogP contribution in [0, 0.1) is 5.92 Å². The van der Waals surface area contributed by atoms with Gasteiger partial charge >= 0.3 is 6.03 Å². The van der Waals surface area contributed by atoms with Gasteiger partial charge in [-0.25, -0.2) is 9.80 Å². The fourth-order valence-electron chi connectivity index (χ4n) is 5.66. The monoisotopic (exact) mass is 523 g/mol. The molecule has 1 aliphatic carbocycles. The maximum Gasteiger partial charge on any atom is 0.333 e. The minimum absolute atomic E-state index is 0.0934. The van der Waals surface area contributed by atoms with Crippen LogP contribution in [0.25, 0.3) is 0 Å². The first-order valence-corrected chi connectivity index (χ1v) is 13.6. The van der Waals surface area contributed by atoms with Gasteiger partial charge in [0.15, 0.2) is 5.78 Å². The molecule has 2 saturated heterocycles. The molecule has 11 heteroatoms. The second-order valence-electron chi connectivity index (χ2n) is 10.6. The van der Waals surface area contributed by atoms with Gasteiger partial charge in [0.05, 0.1) is 35.7 Å². The maximum atomic E-state index is 13.6. The van der Waals surface area contributed by atoms with Gasteiger partial charge in [-0.1, -0.05) is 12.1 Å². The number of anilines is 1. The lowest BCUT2D eigenvalue weighted by atomic mass is 9.89. The van der Waals surface area contributed by atoms with E-state index >= 15 is 0 Å². The molecule has 204 valence electrons. The Morgan fingerprint density at radius 2 is 1.87 bits per heavy atom. The summed E-state index contributed by atoms with van der Waals surface area (Å²) in [6.45, 7) is 4.68. The second-order valence-corrected chi connectivity index (χ2v) is 10.6. The highest BCUT2D eigenvalue weighted by molar-refractivity contribution is 6.19. The molecule has 2 N–H and O–H groups in total. The number of Topliss-reactive ketones (excluding diaryl/α,β-unsaturated/α-hetero) is 1. The zero-order valence-electron chi connectivity index (χ0n) is 22.2. The van der Waals surface area contributed by atoms with Crippen molar-refractivity contribution in [2.45, 2.75) is 38.1 Å². The largest absolute Gasteiger partial charge is 0.379 e. The van der Waals surface area contributed by atoms with Crippen molar-refractivity contribution in [1.29, 1.82) is 0 Å². The van der Waals surface area contributed by atoms with E-state index in [0.717, 1.165) is 43.5 Å². The molecule has 0 saturated carbocycles. The number of ether oxygens (including phenoxy) is 1. The van der Waals surface area contributed by atoms with Crippen LogP contribution >= 0.6 is 0 Å². The van der Waals surface area contributed by atoms with Crippen molar-refractivity contribution in [3.8, 4) is 0 Å². The lowest BCUT2D eigenvalue weighted by Crippen LogP contribution is -2.49. The van der Waals surface area contributed by atoms with Crippen molar-refractivity contribution < 1.29 is 19.1 Å². The molecule has 3 amide bonds. The molecular formula is C27H37N7O4. The van der Waals surface area contributed by atoms with Gasteiger partial charge in [-0.2, -0.15) is 10.2 Å². The zero-order chi connectivity index (χ0) is 26.6. The van der Waals surface area contributed by atoms with Crippen LogP contribution in [0.4, 0.5) is 10.5 Å². The molecule has 0 spiro atoms. The molecule has 0 radical (unpaired) electrons. The maximum absolute atomic E-state index is 13.6. The number of piperidine rings is 1. The van der Waals surface area contributed by atoms with Crippen LogP contribution in [0.1, 0.15) is 54.1 Å². The van der Waals surface area contributed by atoms with E-state index < -0.39 is 6.04 Å². The van der Waals surface area contributed by atoms with Crippen LogP contribution in [-0.2, 0) is 9.53 Å². The number of hydrazine groups is 1. The van der Waals surface area contributed by atoms with E-state index in [0.29, 0.717) is 62.6 Å². The number of carbonyl (C=O) groups is 3. The van der Waals surface area contributed by atoms with Crippen molar-refractivity contribution in [2.24, 2.45) is 16.1 Å². The first-order valence-electron chi connectivity index (χ1n) is 13.6. The molecule has 5 rings (SSSR count). The van der Waals surface area contributed by atoms with Crippen LogP contribution in [0.5, 0.6) is 0 Å². The number of hydrogen-bond donors (Lipinski definition) is 2. The van der Waals surface area contributed by atoms with Gasteiger partial charge in [0.2, 0.25) is 5.91 Å². The number of ketones is 1. The summed E-state index contributed by atoms with van der Waals surface area (Å²) in [5, 5.41) is 13.6. The van der Waals surface area contributed by atoms with Gasteiger partial charge < -0.3 is 19.9 Å². The number of rotatable bonds is 8. The van der Waals surface area contributed by atoms with E-state index in [1.54, 1.807) is 11.1 Å². The van der Waals surface area contributed by atoms with E-state index in [1.807, 2.05) is 31.1 Å². The van der Waals surface area contributed by atoms with Crippen LogP contribution < -0.4 is 10.7 Å². The highest BCUT2D eigenvalue weighted by Gasteiger charge is 2.44. The summed E-state index contributed by atoms with van der Waals surface area (Å²) >= 11 is 0. The number of fused-ring (bicyclic) bond motifs is 3. The van der Waals surface area contributed by atoms with Crippen molar-refractivity contribution in [3.05, 3.63) is 40.6 Å². The van der Waals surface area contributed by atoms with E-state index in [2.05, 4.69) is 25.9 Å². The van der Waals surface area contributed by atoms with E-state index in [9.17, 15) is 14.4 Å². The minimum atomic E-state index is -0.423. The molecule has 11 nitrogen and oxygen atoms in total. The number of benzene rings is 1. The Hall–Kier alpha value is -3.15. The van der Waals surface area contributed by atoms with Crippen LogP contribution in [-0.4, -0.2) is 92.6 Å². The fourth-order valence-corrected chi connectivity index (χ4v) is 5.66. The van der Waals surface area contributed by atoms with Crippen molar-refractivity contribution in [1.82, 2.24) is 20.2 Å². The molecule has 2 fully saturated rings. The van der Waals surface area contributed by atoms with E-state index in [4.69, 9.17) is 4.74 Å². The molecule has 4 aliphatic rings.